The van der Waals surface area contributed by atoms with Gasteiger partial charge in [-0.25, -0.2) is 8.42 Å². The van der Waals surface area contributed by atoms with Gasteiger partial charge in [0.05, 0.1) is 4.90 Å². The molecule has 9 heteroatoms. The average Bonchev–Trinajstić information content (AvgIpc) is 2.73. The van der Waals surface area contributed by atoms with Gasteiger partial charge in [0.2, 0.25) is 15.7 Å². The molecule has 2 aromatic carbocycles. The molecule has 5 N–H and O–H groups in total. The third-order valence-corrected chi connectivity index (χ3v) is 6.80. The number of aromatic nitrogens is 1. The lowest BCUT2D eigenvalue weighted by Crippen LogP contribution is -2.35. The van der Waals surface area contributed by atoms with E-state index < -0.39 is 27.0 Å². The second-order valence-electron chi connectivity index (χ2n) is 7.23. The number of pyridine rings is 1. The summed E-state index contributed by atoms with van der Waals surface area (Å²) in [5.74, 6) is -0.403. The van der Waals surface area contributed by atoms with E-state index in [2.05, 4.69) is 5.32 Å². The first kappa shape index (κ1) is 22.1. The van der Waals surface area contributed by atoms with Crippen molar-refractivity contribution < 1.29 is 13.2 Å². The lowest BCUT2D eigenvalue weighted by Gasteiger charge is -2.15. The molecule has 31 heavy (non-hydrogen) atoms. The number of benzene rings is 2. The highest BCUT2D eigenvalue weighted by molar-refractivity contribution is 7.91. The van der Waals surface area contributed by atoms with Crippen LogP contribution in [-0.2, 0) is 27.7 Å². The van der Waals surface area contributed by atoms with Gasteiger partial charge in [-0.05, 0) is 55.3 Å². The van der Waals surface area contributed by atoms with Gasteiger partial charge in [-0.1, -0.05) is 24.3 Å². The normalized spacial score (nSPS) is 11.3. The van der Waals surface area contributed by atoms with Crippen LogP contribution in [0, 0.1) is 13.8 Å². The number of nitrogens with one attached hydrogen (secondary N) is 1. The van der Waals surface area contributed by atoms with Crippen molar-refractivity contribution in [3.8, 4) is 0 Å². The number of aryl methyl sites for hydroxylation is 2. The number of carbonyl (C=O) groups is 1. The van der Waals surface area contributed by atoms with E-state index in [1.165, 1.54) is 18.2 Å². The maximum absolute atomic E-state index is 12.9. The molecule has 1 amide bonds. The molecule has 162 valence electrons. The fraction of sp³-hybridized carbons (Fsp3) is 0.182. The summed E-state index contributed by atoms with van der Waals surface area (Å²) in [6.45, 7) is 3.44. The Morgan fingerprint density at radius 2 is 1.71 bits per heavy atom. The van der Waals surface area contributed by atoms with E-state index in [9.17, 15) is 18.0 Å². The molecule has 0 aliphatic carbocycles. The van der Waals surface area contributed by atoms with Crippen molar-refractivity contribution in [3.05, 3.63) is 81.8 Å². The molecule has 3 aromatic rings. The molecule has 0 fully saturated rings. The number of rotatable bonds is 6. The summed E-state index contributed by atoms with van der Waals surface area (Å²) >= 11 is 0. The van der Waals surface area contributed by atoms with Crippen LogP contribution in [0.15, 0.2) is 69.2 Å². The highest BCUT2D eigenvalue weighted by Gasteiger charge is 2.24. The summed E-state index contributed by atoms with van der Waals surface area (Å²) in [4.78, 5) is 25.0. The van der Waals surface area contributed by atoms with Gasteiger partial charge in [0.1, 0.15) is 17.1 Å². The molecule has 0 aliphatic heterocycles. The molecule has 0 aliphatic rings. The molecule has 8 nitrogen and oxygen atoms in total. The number of hydrogen-bond donors (Lipinski definition) is 3. The first-order valence-corrected chi connectivity index (χ1v) is 11.0. The number of nitrogens with zero attached hydrogens (tertiary/aromatic N) is 1. The fourth-order valence-corrected chi connectivity index (χ4v) is 4.68. The molecule has 1 heterocycles. The highest BCUT2D eigenvalue weighted by Crippen LogP contribution is 2.24. The van der Waals surface area contributed by atoms with Crippen LogP contribution in [0.4, 0.5) is 11.4 Å². The molecule has 3 rings (SSSR count). The van der Waals surface area contributed by atoms with E-state index in [0.29, 0.717) is 11.4 Å². The summed E-state index contributed by atoms with van der Waals surface area (Å²) in [7, 11) is -3.96. The number of nitrogen functional groups attached to an aromatic ring is 2. The first-order chi connectivity index (χ1) is 14.6. The van der Waals surface area contributed by atoms with Crippen molar-refractivity contribution in [3.63, 3.8) is 0 Å². The molecule has 1 aromatic heterocycles. The molecular formula is C22H24N4O4S. The monoisotopic (exact) mass is 440 g/mol. The van der Waals surface area contributed by atoms with Gasteiger partial charge in [-0.3, -0.25) is 9.59 Å². The fourth-order valence-electron chi connectivity index (χ4n) is 3.21. The Bertz CT molecular complexity index is 1300. The van der Waals surface area contributed by atoms with Gasteiger partial charge in [-0.2, -0.15) is 0 Å². The van der Waals surface area contributed by atoms with Crippen molar-refractivity contribution in [1.82, 2.24) is 9.88 Å². The van der Waals surface area contributed by atoms with E-state index in [1.54, 1.807) is 31.2 Å². The van der Waals surface area contributed by atoms with Gasteiger partial charge < -0.3 is 21.4 Å². The zero-order valence-electron chi connectivity index (χ0n) is 17.3. The van der Waals surface area contributed by atoms with Gasteiger partial charge in [0, 0.05) is 17.9 Å². The zero-order valence-corrected chi connectivity index (χ0v) is 18.1. The van der Waals surface area contributed by atoms with Crippen LogP contribution in [-0.4, -0.2) is 18.9 Å². The standard InChI is InChI=1S/C22H24N4O4S/c1-14-10-17(23)9-8-16(14)12-25-20(27)13-26-15(2)11-19(21(24)22(26)28)31(29,30)18-6-4-3-5-7-18/h3-11H,12-13,23-24H2,1-2H3,(H,25,27). The number of anilines is 2. The minimum atomic E-state index is -3.96. The molecular weight excluding hydrogens is 416 g/mol. The highest BCUT2D eigenvalue weighted by atomic mass is 32.2. The third-order valence-electron chi connectivity index (χ3n) is 4.99. The molecule has 0 unspecified atom stereocenters. The minimum Gasteiger partial charge on any atom is -0.399 e. The van der Waals surface area contributed by atoms with Crippen LogP contribution in [0.3, 0.4) is 0 Å². The first-order valence-electron chi connectivity index (χ1n) is 9.53. The molecule has 0 radical (unpaired) electrons. The predicted octanol–water partition coefficient (Wildman–Crippen LogP) is 1.78. The Kier molecular flexibility index (Phi) is 6.16. The zero-order chi connectivity index (χ0) is 22.8. The Labute approximate surface area is 180 Å². The Balaban J connectivity index is 1.84. The predicted molar refractivity (Wildman–Crippen MR) is 119 cm³/mol. The maximum atomic E-state index is 12.9. The van der Waals surface area contributed by atoms with E-state index in [4.69, 9.17) is 11.5 Å². The quantitative estimate of drug-likeness (QED) is 0.500. The second kappa shape index (κ2) is 8.65. The molecule has 0 bridgehead atoms. The van der Waals surface area contributed by atoms with E-state index in [1.807, 2.05) is 19.1 Å². The topological polar surface area (TPSA) is 137 Å². The smallest absolute Gasteiger partial charge is 0.275 e. The summed E-state index contributed by atoms with van der Waals surface area (Å²) < 4.78 is 26.9. The molecule has 0 saturated heterocycles. The Hall–Kier alpha value is -3.59. The summed E-state index contributed by atoms with van der Waals surface area (Å²) in [6, 6.07) is 14.4. The van der Waals surface area contributed by atoms with E-state index in [-0.39, 0.29) is 22.9 Å². The van der Waals surface area contributed by atoms with Crippen molar-refractivity contribution >= 4 is 27.1 Å². The molecule has 0 spiro atoms. The summed E-state index contributed by atoms with van der Waals surface area (Å²) in [6.07, 6.45) is 0. The van der Waals surface area contributed by atoms with Gasteiger partial charge in [0.25, 0.3) is 5.56 Å². The van der Waals surface area contributed by atoms with Crippen LogP contribution in [0.1, 0.15) is 16.8 Å². The lowest BCUT2D eigenvalue weighted by atomic mass is 10.1. The second-order valence-corrected chi connectivity index (χ2v) is 9.15. The van der Waals surface area contributed by atoms with Crippen molar-refractivity contribution in [2.24, 2.45) is 0 Å². The molecule has 0 saturated carbocycles. The number of sulfone groups is 1. The van der Waals surface area contributed by atoms with Crippen molar-refractivity contribution in [1.29, 1.82) is 0 Å². The number of amides is 1. The lowest BCUT2D eigenvalue weighted by molar-refractivity contribution is -0.121. The van der Waals surface area contributed by atoms with Crippen LogP contribution in [0.2, 0.25) is 0 Å². The summed E-state index contributed by atoms with van der Waals surface area (Å²) in [5, 5.41) is 2.75. The third kappa shape index (κ3) is 4.61. The van der Waals surface area contributed by atoms with Crippen molar-refractivity contribution in [2.45, 2.75) is 36.7 Å². The molecule has 0 atom stereocenters. The van der Waals surface area contributed by atoms with Gasteiger partial charge in [-0.15, -0.1) is 0 Å². The van der Waals surface area contributed by atoms with Crippen LogP contribution < -0.4 is 22.3 Å². The van der Waals surface area contributed by atoms with Crippen molar-refractivity contribution in [2.75, 3.05) is 11.5 Å². The number of nitrogens with two attached hydrogens (primary N) is 2. The van der Waals surface area contributed by atoms with Crippen LogP contribution in [0.25, 0.3) is 0 Å². The number of hydrogen-bond acceptors (Lipinski definition) is 6. The van der Waals surface area contributed by atoms with Crippen LogP contribution in [0.5, 0.6) is 0 Å². The maximum Gasteiger partial charge on any atom is 0.275 e. The Morgan fingerprint density at radius 3 is 2.35 bits per heavy atom. The van der Waals surface area contributed by atoms with E-state index in [0.717, 1.165) is 15.7 Å². The largest absolute Gasteiger partial charge is 0.399 e. The van der Waals surface area contributed by atoms with Crippen LogP contribution >= 0.6 is 0 Å². The van der Waals surface area contributed by atoms with E-state index >= 15 is 0 Å². The SMILES string of the molecule is Cc1cc(N)ccc1CNC(=O)Cn1c(C)cc(S(=O)(=O)c2ccccc2)c(N)c1=O. The van der Waals surface area contributed by atoms with Gasteiger partial charge in [0.15, 0.2) is 0 Å². The number of carbonyl (C=O) groups excluding carboxylic acids is 1. The average molecular weight is 441 g/mol. The summed E-state index contributed by atoms with van der Waals surface area (Å²) in [5.41, 5.74) is 13.3. The Morgan fingerprint density at radius 1 is 1.03 bits per heavy atom. The van der Waals surface area contributed by atoms with Gasteiger partial charge >= 0.3 is 0 Å². The minimum absolute atomic E-state index is 0.0369.